The van der Waals surface area contributed by atoms with Crippen molar-refractivity contribution in [3.05, 3.63) is 52.0 Å². The Morgan fingerprint density at radius 3 is 2.70 bits per heavy atom. The molecule has 0 saturated heterocycles. The van der Waals surface area contributed by atoms with Gasteiger partial charge in [0, 0.05) is 24.0 Å². The number of nitrogens with one attached hydrogen (secondary N) is 1. The fraction of sp³-hybridized carbons (Fsp3) is 0.471. The van der Waals surface area contributed by atoms with Gasteiger partial charge in [-0.1, -0.05) is 36.8 Å². The number of benzene rings is 1. The monoisotopic (exact) mass is 288 g/mol. The number of aromatic nitrogens is 1. The molecule has 1 unspecified atom stereocenters. The van der Waals surface area contributed by atoms with Crippen LogP contribution in [0.4, 0.5) is 0 Å². The van der Waals surface area contributed by atoms with Crippen molar-refractivity contribution in [2.24, 2.45) is 0 Å². The van der Waals surface area contributed by atoms with Gasteiger partial charge in [-0.15, -0.1) is 11.3 Å². The van der Waals surface area contributed by atoms with Crippen LogP contribution in [0.3, 0.4) is 0 Å². The van der Waals surface area contributed by atoms with Crippen LogP contribution in [-0.2, 0) is 12.8 Å². The van der Waals surface area contributed by atoms with Crippen LogP contribution in [0.5, 0.6) is 0 Å². The molecule has 1 heterocycles. The smallest absolute Gasteiger partial charge is 0.0940 e. The third kappa shape index (κ3) is 5.06. The van der Waals surface area contributed by atoms with Crippen molar-refractivity contribution in [2.75, 3.05) is 6.54 Å². The van der Waals surface area contributed by atoms with Gasteiger partial charge >= 0.3 is 0 Å². The highest BCUT2D eigenvalue weighted by Gasteiger charge is 2.10. The summed E-state index contributed by atoms with van der Waals surface area (Å²) >= 11 is 1.76. The first-order chi connectivity index (χ1) is 9.78. The normalized spacial score (nSPS) is 12.5. The molecule has 0 aliphatic carbocycles. The molecule has 2 nitrogen and oxygen atoms in total. The molecule has 20 heavy (non-hydrogen) atoms. The summed E-state index contributed by atoms with van der Waals surface area (Å²) in [6, 6.07) is 9.42. The van der Waals surface area contributed by atoms with Crippen molar-refractivity contribution in [3.8, 4) is 0 Å². The second kappa shape index (κ2) is 8.18. The summed E-state index contributed by atoms with van der Waals surface area (Å²) < 4.78 is 0. The number of thiazole rings is 1. The summed E-state index contributed by atoms with van der Waals surface area (Å²) in [7, 11) is 0. The summed E-state index contributed by atoms with van der Waals surface area (Å²) in [5.74, 6) is 0. The van der Waals surface area contributed by atoms with E-state index in [1.54, 1.807) is 11.3 Å². The van der Waals surface area contributed by atoms with Gasteiger partial charge in [0.15, 0.2) is 0 Å². The molecule has 0 aliphatic heterocycles. The highest BCUT2D eigenvalue weighted by atomic mass is 32.1. The van der Waals surface area contributed by atoms with Crippen molar-refractivity contribution >= 4 is 11.3 Å². The van der Waals surface area contributed by atoms with Gasteiger partial charge in [-0.05, 0) is 38.3 Å². The first-order valence-electron chi connectivity index (χ1n) is 7.45. The molecule has 2 aromatic rings. The largest absolute Gasteiger partial charge is 0.314 e. The van der Waals surface area contributed by atoms with E-state index in [-0.39, 0.29) is 0 Å². The Labute approximate surface area is 126 Å². The fourth-order valence-electron chi connectivity index (χ4n) is 2.28. The van der Waals surface area contributed by atoms with E-state index in [2.05, 4.69) is 53.8 Å². The summed E-state index contributed by atoms with van der Waals surface area (Å²) in [5, 5.41) is 6.96. The average molecular weight is 288 g/mol. The third-order valence-electron chi connectivity index (χ3n) is 3.49. The Bertz CT molecular complexity index is 476. The topological polar surface area (TPSA) is 24.9 Å². The van der Waals surface area contributed by atoms with E-state index in [9.17, 15) is 0 Å². The lowest BCUT2D eigenvalue weighted by Crippen LogP contribution is -2.32. The predicted molar refractivity (Wildman–Crippen MR) is 87.4 cm³/mol. The van der Waals surface area contributed by atoms with Gasteiger partial charge in [0.05, 0.1) is 5.01 Å². The molecular formula is C17H24N2S. The van der Waals surface area contributed by atoms with E-state index in [4.69, 9.17) is 0 Å². The van der Waals surface area contributed by atoms with Crippen LogP contribution in [0.2, 0.25) is 0 Å². The molecule has 0 radical (unpaired) electrons. The van der Waals surface area contributed by atoms with Gasteiger partial charge in [0.25, 0.3) is 0 Å². The van der Waals surface area contributed by atoms with Gasteiger partial charge in [0.1, 0.15) is 0 Å². The van der Waals surface area contributed by atoms with Crippen molar-refractivity contribution in [3.63, 3.8) is 0 Å². The summed E-state index contributed by atoms with van der Waals surface area (Å²) in [5.41, 5.74) is 2.76. The lowest BCUT2D eigenvalue weighted by atomic mass is 10.0. The second-order valence-corrected chi connectivity index (χ2v) is 6.28. The van der Waals surface area contributed by atoms with E-state index < -0.39 is 0 Å². The predicted octanol–water partition coefficient (Wildman–Crippen LogP) is 4.00. The van der Waals surface area contributed by atoms with Crippen LogP contribution in [0.1, 0.15) is 35.9 Å². The molecule has 2 rings (SSSR count). The minimum Gasteiger partial charge on any atom is -0.314 e. The maximum atomic E-state index is 4.41. The summed E-state index contributed by atoms with van der Waals surface area (Å²) in [6.07, 6.45) is 6.43. The maximum Gasteiger partial charge on any atom is 0.0940 e. The van der Waals surface area contributed by atoms with Gasteiger partial charge in [-0.3, -0.25) is 0 Å². The van der Waals surface area contributed by atoms with Crippen molar-refractivity contribution < 1.29 is 0 Å². The van der Waals surface area contributed by atoms with E-state index in [1.165, 1.54) is 29.0 Å². The number of nitrogens with zero attached hydrogens (tertiary/aromatic N) is 1. The molecule has 0 fully saturated rings. The lowest BCUT2D eigenvalue weighted by Gasteiger charge is -2.17. The zero-order valence-electron chi connectivity index (χ0n) is 12.4. The minimum absolute atomic E-state index is 0.530. The Morgan fingerprint density at radius 1 is 1.25 bits per heavy atom. The highest BCUT2D eigenvalue weighted by molar-refractivity contribution is 7.09. The molecule has 1 N–H and O–H groups in total. The SMILES string of the molecule is CCCNC(CCc1ccc(C)cc1)Cc1nccs1. The van der Waals surface area contributed by atoms with Crippen LogP contribution in [0.25, 0.3) is 0 Å². The van der Waals surface area contributed by atoms with Crippen LogP contribution in [-0.4, -0.2) is 17.6 Å². The molecule has 0 spiro atoms. The van der Waals surface area contributed by atoms with E-state index >= 15 is 0 Å². The Hall–Kier alpha value is -1.19. The van der Waals surface area contributed by atoms with E-state index in [1.807, 2.05) is 6.20 Å². The number of rotatable bonds is 8. The van der Waals surface area contributed by atoms with Gasteiger partial charge in [-0.2, -0.15) is 0 Å². The van der Waals surface area contributed by atoms with Crippen LogP contribution >= 0.6 is 11.3 Å². The van der Waals surface area contributed by atoms with Gasteiger partial charge < -0.3 is 5.32 Å². The molecule has 1 aromatic carbocycles. The van der Waals surface area contributed by atoms with Crippen LogP contribution in [0.15, 0.2) is 35.8 Å². The number of hydrogen-bond acceptors (Lipinski definition) is 3. The lowest BCUT2D eigenvalue weighted by molar-refractivity contribution is 0.477. The minimum atomic E-state index is 0.530. The molecule has 1 atom stereocenters. The molecule has 0 bridgehead atoms. The zero-order valence-corrected chi connectivity index (χ0v) is 13.2. The Balaban J connectivity index is 1.87. The molecule has 0 saturated carbocycles. The first kappa shape index (κ1) is 15.2. The van der Waals surface area contributed by atoms with E-state index in [0.717, 1.165) is 19.4 Å². The second-order valence-electron chi connectivity index (χ2n) is 5.31. The molecular weight excluding hydrogens is 264 g/mol. The van der Waals surface area contributed by atoms with E-state index in [0.29, 0.717) is 6.04 Å². The van der Waals surface area contributed by atoms with Crippen LogP contribution < -0.4 is 5.32 Å². The maximum absolute atomic E-state index is 4.41. The Morgan fingerprint density at radius 2 is 2.05 bits per heavy atom. The standard InChI is InChI=1S/C17H24N2S/c1-3-10-18-16(13-17-19-11-12-20-17)9-8-15-6-4-14(2)5-7-15/h4-7,11-12,16,18H,3,8-10,13H2,1-2H3. The van der Waals surface area contributed by atoms with Crippen molar-refractivity contribution in [2.45, 2.75) is 45.6 Å². The highest BCUT2D eigenvalue weighted by Crippen LogP contribution is 2.13. The molecule has 3 heteroatoms. The molecule has 0 amide bonds. The molecule has 0 aliphatic rings. The molecule has 1 aromatic heterocycles. The van der Waals surface area contributed by atoms with Crippen LogP contribution in [0, 0.1) is 6.92 Å². The quantitative estimate of drug-likeness (QED) is 0.794. The first-order valence-corrected chi connectivity index (χ1v) is 8.33. The fourth-order valence-corrected chi connectivity index (χ4v) is 2.98. The number of aryl methyl sites for hydroxylation is 2. The summed E-state index contributed by atoms with van der Waals surface area (Å²) in [6.45, 7) is 5.44. The third-order valence-corrected chi connectivity index (χ3v) is 4.29. The molecule has 108 valence electrons. The van der Waals surface area contributed by atoms with Crippen molar-refractivity contribution in [1.29, 1.82) is 0 Å². The summed E-state index contributed by atoms with van der Waals surface area (Å²) in [4.78, 5) is 4.41. The van der Waals surface area contributed by atoms with Gasteiger partial charge in [-0.25, -0.2) is 4.98 Å². The Kier molecular flexibility index (Phi) is 6.22. The zero-order chi connectivity index (χ0) is 14.2. The average Bonchev–Trinajstić information content (AvgIpc) is 2.96. The number of hydrogen-bond donors (Lipinski definition) is 1. The van der Waals surface area contributed by atoms with Gasteiger partial charge in [0.2, 0.25) is 0 Å². The van der Waals surface area contributed by atoms with Crippen molar-refractivity contribution in [1.82, 2.24) is 10.3 Å².